The summed E-state index contributed by atoms with van der Waals surface area (Å²) in [6.45, 7) is 8.75. The number of ether oxygens (including phenoxy) is 2. The quantitative estimate of drug-likeness (QED) is 0.345. The summed E-state index contributed by atoms with van der Waals surface area (Å²) in [6.07, 6.45) is -4.42. The molecule has 1 fully saturated rings. The van der Waals surface area contributed by atoms with Gasteiger partial charge in [-0.3, -0.25) is 4.90 Å². The van der Waals surface area contributed by atoms with Gasteiger partial charge in [-0.05, 0) is 85.8 Å². The van der Waals surface area contributed by atoms with E-state index in [4.69, 9.17) is 9.47 Å². The van der Waals surface area contributed by atoms with Crippen LogP contribution in [0.15, 0.2) is 60.7 Å². The van der Waals surface area contributed by atoms with Crippen LogP contribution in [0.4, 0.5) is 13.2 Å². The SMILES string of the molecule is CC1=C(c2cccc(O)c2)C(c2ccc(OCC(C)N3CCC(C)C3)cc2)Oc2c1cc(O)cc2C(F)(F)F. The predicted octanol–water partition coefficient (Wildman–Crippen LogP) is 7.29. The highest BCUT2D eigenvalue weighted by atomic mass is 19.4. The van der Waals surface area contributed by atoms with Crippen LogP contribution in [0.2, 0.25) is 0 Å². The lowest BCUT2D eigenvalue weighted by molar-refractivity contribution is -0.139. The third kappa shape index (κ3) is 5.57. The van der Waals surface area contributed by atoms with Crippen molar-refractivity contribution in [1.29, 1.82) is 0 Å². The molecule has 5 rings (SSSR count). The Labute approximate surface area is 226 Å². The van der Waals surface area contributed by atoms with E-state index < -0.39 is 23.6 Å². The lowest BCUT2D eigenvalue weighted by Gasteiger charge is -2.33. The molecular formula is C31H32F3NO4. The number of fused-ring (bicyclic) bond motifs is 1. The van der Waals surface area contributed by atoms with Crippen LogP contribution in [0.5, 0.6) is 23.0 Å². The van der Waals surface area contributed by atoms with Gasteiger partial charge in [-0.2, -0.15) is 13.2 Å². The number of aromatic hydroxyl groups is 2. The van der Waals surface area contributed by atoms with Gasteiger partial charge in [0.2, 0.25) is 0 Å². The number of benzene rings is 3. The van der Waals surface area contributed by atoms with Crippen molar-refractivity contribution in [3.63, 3.8) is 0 Å². The summed E-state index contributed by atoms with van der Waals surface area (Å²) in [6, 6.07) is 15.9. The minimum Gasteiger partial charge on any atom is -0.508 e. The van der Waals surface area contributed by atoms with E-state index in [1.807, 2.05) is 0 Å². The summed E-state index contributed by atoms with van der Waals surface area (Å²) in [5, 5.41) is 20.2. The maximum absolute atomic E-state index is 14.0. The van der Waals surface area contributed by atoms with Gasteiger partial charge >= 0.3 is 6.18 Å². The number of allylic oxidation sites excluding steroid dienone is 1. The van der Waals surface area contributed by atoms with E-state index in [9.17, 15) is 23.4 Å². The fraction of sp³-hybridized carbons (Fsp3) is 0.355. The third-order valence-electron chi connectivity index (χ3n) is 7.59. The molecule has 3 atom stereocenters. The molecule has 8 heteroatoms. The molecule has 3 aromatic carbocycles. The van der Waals surface area contributed by atoms with E-state index in [0.29, 0.717) is 46.6 Å². The Kier molecular flexibility index (Phi) is 7.25. The monoisotopic (exact) mass is 539 g/mol. The lowest BCUT2D eigenvalue weighted by Crippen LogP contribution is -2.35. The van der Waals surface area contributed by atoms with Crippen molar-refractivity contribution in [2.75, 3.05) is 19.7 Å². The topological polar surface area (TPSA) is 62.2 Å². The lowest BCUT2D eigenvalue weighted by atomic mass is 9.85. The van der Waals surface area contributed by atoms with Crippen LogP contribution in [0.3, 0.4) is 0 Å². The van der Waals surface area contributed by atoms with Gasteiger partial charge in [0.25, 0.3) is 0 Å². The first-order valence-electron chi connectivity index (χ1n) is 13.1. The van der Waals surface area contributed by atoms with Gasteiger partial charge in [-0.25, -0.2) is 0 Å². The average molecular weight is 540 g/mol. The molecule has 0 bridgehead atoms. The van der Waals surface area contributed by atoms with Crippen molar-refractivity contribution in [3.8, 4) is 23.0 Å². The number of alkyl halides is 3. The highest BCUT2D eigenvalue weighted by Crippen LogP contribution is 2.52. The third-order valence-corrected chi connectivity index (χ3v) is 7.59. The van der Waals surface area contributed by atoms with E-state index in [2.05, 4.69) is 18.7 Å². The minimum atomic E-state index is -4.72. The van der Waals surface area contributed by atoms with E-state index >= 15 is 0 Å². The Bertz CT molecular complexity index is 1380. The highest BCUT2D eigenvalue weighted by molar-refractivity contribution is 5.96. The summed E-state index contributed by atoms with van der Waals surface area (Å²) in [5.74, 6) is 0.535. The van der Waals surface area contributed by atoms with Crippen LogP contribution >= 0.6 is 0 Å². The van der Waals surface area contributed by atoms with E-state index in [-0.39, 0.29) is 23.1 Å². The molecule has 5 nitrogen and oxygen atoms in total. The molecule has 39 heavy (non-hydrogen) atoms. The molecule has 2 heterocycles. The Morgan fingerprint density at radius 3 is 2.44 bits per heavy atom. The van der Waals surface area contributed by atoms with Gasteiger partial charge in [0.05, 0.1) is 0 Å². The highest BCUT2D eigenvalue weighted by Gasteiger charge is 2.40. The van der Waals surface area contributed by atoms with Gasteiger partial charge in [-0.15, -0.1) is 0 Å². The molecule has 3 aromatic rings. The van der Waals surface area contributed by atoms with Gasteiger partial charge < -0.3 is 19.7 Å². The number of halogens is 3. The molecule has 0 saturated carbocycles. The van der Waals surface area contributed by atoms with Crippen LogP contribution in [-0.2, 0) is 6.18 Å². The molecule has 0 aromatic heterocycles. The number of rotatable bonds is 6. The number of phenolic OH excluding ortho intramolecular Hbond substituents is 2. The molecule has 0 amide bonds. The zero-order valence-electron chi connectivity index (χ0n) is 22.1. The summed E-state index contributed by atoms with van der Waals surface area (Å²) in [7, 11) is 0. The summed E-state index contributed by atoms with van der Waals surface area (Å²) >= 11 is 0. The fourth-order valence-corrected chi connectivity index (χ4v) is 5.45. The van der Waals surface area contributed by atoms with Gasteiger partial charge in [0.15, 0.2) is 0 Å². The van der Waals surface area contributed by atoms with Crippen molar-refractivity contribution in [1.82, 2.24) is 4.90 Å². The molecule has 2 aliphatic heterocycles. The van der Waals surface area contributed by atoms with Crippen LogP contribution < -0.4 is 9.47 Å². The van der Waals surface area contributed by atoms with Crippen molar-refractivity contribution in [2.24, 2.45) is 5.92 Å². The first kappa shape index (κ1) is 26.9. The minimum absolute atomic E-state index is 0.0227. The van der Waals surface area contributed by atoms with E-state index in [1.54, 1.807) is 49.4 Å². The number of likely N-dealkylation sites (tertiary alicyclic amines) is 1. The molecule has 3 unspecified atom stereocenters. The second kappa shape index (κ2) is 10.5. The van der Waals surface area contributed by atoms with Crippen molar-refractivity contribution < 1.29 is 32.9 Å². The van der Waals surface area contributed by atoms with Crippen LogP contribution in [0, 0.1) is 5.92 Å². The largest absolute Gasteiger partial charge is 0.508 e. The number of hydrogen-bond acceptors (Lipinski definition) is 5. The van der Waals surface area contributed by atoms with Crippen LogP contribution in [0.25, 0.3) is 11.1 Å². The molecule has 0 aliphatic carbocycles. The maximum atomic E-state index is 14.0. The van der Waals surface area contributed by atoms with Crippen molar-refractivity contribution in [2.45, 2.75) is 45.5 Å². The molecule has 2 N–H and O–H groups in total. The Morgan fingerprint density at radius 2 is 1.79 bits per heavy atom. The number of nitrogens with zero attached hydrogens (tertiary/aromatic N) is 1. The Balaban J connectivity index is 1.49. The van der Waals surface area contributed by atoms with Crippen LogP contribution in [-0.4, -0.2) is 40.9 Å². The zero-order chi connectivity index (χ0) is 27.9. The normalized spacial score (nSPS) is 20.5. The Morgan fingerprint density at radius 1 is 1.05 bits per heavy atom. The zero-order valence-corrected chi connectivity index (χ0v) is 22.1. The first-order chi connectivity index (χ1) is 18.5. The van der Waals surface area contributed by atoms with E-state index in [0.717, 1.165) is 13.1 Å². The summed E-state index contributed by atoms with van der Waals surface area (Å²) < 4.78 is 54.0. The second-order valence-corrected chi connectivity index (χ2v) is 10.6. The fourth-order valence-electron chi connectivity index (χ4n) is 5.45. The number of hydrogen-bond donors (Lipinski definition) is 2. The molecular weight excluding hydrogens is 507 g/mol. The summed E-state index contributed by atoms with van der Waals surface area (Å²) in [4.78, 5) is 2.41. The predicted molar refractivity (Wildman–Crippen MR) is 144 cm³/mol. The van der Waals surface area contributed by atoms with Crippen molar-refractivity contribution >= 4 is 11.1 Å². The molecule has 206 valence electrons. The van der Waals surface area contributed by atoms with Gasteiger partial charge in [-0.1, -0.05) is 31.2 Å². The molecule has 0 spiro atoms. The molecule has 2 aliphatic rings. The average Bonchev–Trinajstić information content (AvgIpc) is 3.33. The first-order valence-corrected chi connectivity index (χ1v) is 13.1. The maximum Gasteiger partial charge on any atom is 0.420 e. The van der Waals surface area contributed by atoms with Crippen molar-refractivity contribution in [3.05, 3.63) is 82.9 Å². The molecule has 1 saturated heterocycles. The number of phenols is 2. The van der Waals surface area contributed by atoms with Gasteiger partial charge in [0, 0.05) is 23.7 Å². The summed E-state index contributed by atoms with van der Waals surface area (Å²) in [5.41, 5.74) is 1.47. The van der Waals surface area contributed by atoms with E-state index in [1.165, 1.54) is 18.6 Å². The second-order valence-electron chi connectivity index (χ2n) is 10.6. The standard InChI is InChI=1S/C31H32F3NO4/c1-18-11-12-35(16-18)19(2)17-38-25-9-7-21(8-10-25)29-28(22-5-4-6-23(36)13-22)20(3)26-14-24(37)15-27(30(26)39-29)31(32,33)34/h4-10,13-15,18-19,29,36-37H,11-12,16-17H2,1-3H3. The smallest absolute Gasteiger partial charge is 0.420 e. The van der Waals surface area contributed by atoms with Crippen LogP contribution in [0.1, 0.15) is 55.5 Å². The Hall–Kier alpha value is -3.65. The van der Waals surface area contributed by atoms with Gasteiger partial charge in [0.1, 0.15) is 41.3 Å². The molecule has 0 radical (unpaired) electrons.